The minimum absolute atomic E-state index is 0.165. The molecule has 0 bridgehead atoms. The summed E-state index contributed by atoms with van der Waals surface area (Å²) >= 11 is 0. The molecule has 128 valence electrons. The van der Waals surface area contributed by atoms with E-state index in [1.807, 2.05) is 36.4 Å². The number of aromatic nitrogens is 3. The number of piperidine rings is 1. The van der Waals surface area contributed by atoms with Crippen LogP contribution in [0, 0.1) is 0 Å². The van der Waals surface area contributed by atoms with Crippen LogP contribution in [0.5, 0.6) is 0 Å². The predicted molar refractivity (Wildman–Crippen MR) is 97.9 cm³/mol. The van der Waals surface area contributed by atoms with E-state index in [1.165, 1.54) is 10.2 Å². The zero-order valence-electron chi connectivity index (χ0n) is 14.1. The molecule has 3 aromatic rings. The maximum absolute atomic E-state index is 12.3. The first-order chi connectivity index (χ1) is 12.3. The third-order valence-electron chi connectivity index (χ3n) is 4.78. The number of rotatable bonds is 4. The number of hydrogen-bond acceptors (Lipinski definition) is 3. The van der Waals surface area contributed by atoms with Crippen molar-refractivity contribution in [3.63, 3.8) is 0 Å². The first-order valence-electron chi connectivity index (χ1n) is 8.80. The molecule has 5 heteroatoms. The summed E-state index contributed by atoms with van der Waals surface area (Å²) in [5, 5.41) is 4.57. The van der Waals surface area contributed by atoms with Crippen LogP contribution in [0.25, 0.3) is 5.69 Å². The van der Waals surface area contributed by atoms with Crippen molar-refractivity contribution in [2.75, 3.05) is 13.1 Å². The molecule has 1 aromatic heterocycles. The van der Waals surface area contributed by atoms with Crippen molar-refractivity contribution < 1.29 is 0 Å². The molecular formula is C20H22N4O. The van der Waals surface area contributed by atoms with Gasteiger partial charge in [0.25, 0.3) is 0 Å². The number of para-hydroxylation sites is 1. The first-order valence-corrected chi connectivity index (χ1v) is 8.80. The molecule has 25 heavy (non-hydrogen) atoms. The molecule has 0 aliphatic carbocycles. The molecule has 0 spiro atoms. The lowest BCUT2D eigenvalue weighted by molar-refractivity contribution is 0.196. The maximum atomic E-state index is 12.3. The number of aromatic amines is 1. The number of nitrogens with one attached hydrogen (secondary N) is 1. The van der Waals surface area contributed by atoms with Crippen LogP contribution in [-0.4, -0.2) is 32.8 Å². The quantitative estimate of drug-likeness (QED) is 0.798. The monoisotopic (exact) mass is 334 g/mol. The van der Waals surface area contributed by atoms with Gasteiger partial charge in [-0.3, -0.25) is 9.88 Å². The summed E-state index contributed by atoms with van der Waals surface area (Å²) in [6.07, 6.45) is 2.19. The standard InChI is InChI=1S/C20H22N4O/c25-20-21-19(22-24(20)18-11-5-2-6-12-18)17-10-7-13-23(15-17)14-16-8-3-1-4-9-16/h1-6,8-9,11-12,17H,7,10,13-15H2,(H,21,22,25). The second-order valence-electron chi connectivity index (χ2n) is 6.62. The minimum Gasteiger partial charge on any atom is -0.298 e. The molecule has 2 aromatic carbocycles. The van der Waals surface area contributed by atoms with Crippen molar-refractivity contribution in [1.29, 1.82) is 0 Å². The topological polar surface area (TPSA) is 53.9 Å². The van der Waals surface area contributed by atoms with Crippen molar-refractivity contribution in [2.45, 2.75) is 25.3 Å². The van der Waals surface area contributed by atoms with Crippen molar-refractivity contribution in [2.24, 2.45) is 0 Å². The van der Waals surface area contributed by atoms with Gasteiger partial charge in [-0.05, 0) is 37.1 Å². The Morgan fingerprint density at radius 1 is 1.04 bits per heavy atom. The van der Waals surface area contributed by atoms with Crippen LogP contribution in [0.3, 0.4) is 0 Å². The van der Waals surface area contributed by atoms with Crippen molar-refractivity contribution in [3.8, 4) is 5.69 Å². The van der Waals surface area contributed by atoms with Crippen LogP contribution in [0.4, 0.5) is 0 Å². The Balaban J connectivity index is 1.51. The summed E-state index contributed by atoms with van der Waals surface area (Å²) < 4.78 is 1.46. The summed E-state index contributed by atoms with van der Waals surface area (Å²) in [6.45, 7) is 2.96. The Bertz CT molecular complexity index is 869. The van der Waals surface area contributed by atoms with Crippen LogP contribution in [0.2, 0.25) is 0 Å². The fraction of sp³-hybridized carbons (Fsp3) is 0.300. The summed E-state index contributed by atoms with van der Waals surface area (Å²) in [5.74, 6) is 1.07. The number of benzene rings is 2. The lowest BCUT2D eigenvalue weighted by Crippen LogP contribution is -2.34. The van der Waals surface area contributed by atoms with Crippen molar-refractivity contribution >= 4 is 0 Å². The van der Waals surface area contributed by atoms with E-state index in [2.05, 4.69) is 39.2 Å². The molecule has 0 saturated carbocycles. The Morgan fingerprint density at radius 2 is 1.76 bits per heavy atom. The van der Waals surface area contributed by atoms with Gasteiger partial charge in [0.05, 0.1) is 5.69 Å². The number of H-pyrrole nitrogens is 1. The summed E-state index contributed by atoms with van der Waals surface area (Å²) in [6, 6.07) is 20.1. The van der Waals surface area contributed by atoms with Crippen LogP contribution in [0.15, 0.2) is 65.5 Å². The third-order valence-corrected chi connectivity index (χ3v) is 4.78. The van der Waals surface area contributed by atoms with E-state index in [1.54, 1.807) is 0 Å². The van der Waals surface area contributed by atoms with Gasteiger partial charge >= 0.3 is 5.69 Å². The van der Waals surface area contributed by atoms with Crippen LogP contribution in [0.1, 0.15) is 30.1 Å². The Hall–Kier alpha value is -2.66. The van der Waals surface area contributed by atoms with E-state index in [4.69, 9.17) is 0 Å². The highest BCUT2D eigenvalue weighted by atomic mass is 16.1. The van der Waals surface area contributed by atoms with E-state index in [9.17, 15) is 4.79 Å². The molecule has 1 aliphatic rings. The Morgan fingerprint density at radius 3 is 2.52 bits per heavy atom. The average Bonchev–Trinajstić information content (AvgIpc) is 3.05. The fourth-order valence-corrected chi connectivity index (χ4v) is 3.53. The zero-order chi connectivity index (χ0) is 17.1. The predicted octanol–water partition coefficient (Wildman–Crippen LogP) is 2.94. The van der Waals surface area contributed by atoms with E-state index in [0.29, 0.717) is 0 Å². The molecule has 1 atom stereocenters. The van der Waals surface area contributed by atoms with Gasteiger partial charge in [0.2, 0.25) is 0 Å². The van der Waals surface area contributed by atoms with Crippen LogP contribution < -0.4 is 5.69 Å². The summed E-state index contributed by atoms with van der Waals surface area (Å²) in [5.41, 5.74) is 1.96. The Kier molecular flexibility index (Phi) is 4.48. The van der Waals surface area contributed by atoms with Gasteiger partial charge in [0.1, 0.15) is 5.82 Å². The largest absolute Gasteiger partial charge is 0.348 e. The lowest BCUT2D eigenvalue weighted by atomic mass is 9.97. The number of likely N-dealkylation sites (tertiary alicyclic amines) is 1. The van der Waals surface area contributed by atoms with Gasteiger partial charge in [0, 0.05) is 19.0 Å². The molecule has 1 aliphatic heterocycles. The van der Waals surface area contributed by atoms with E-state index in [-0.39, 0.29) is 11.6 Å². The third kappa shape index (κ3) is 3.56. The van der Waals surface area contributed by atoms with E-state index >= 15 is 0 Å². The van der Waals surface area contributed by atoms with Crippen LogP contribution >= 0.6 is 0 Å². The molecule has 1 saturated heterocycles. The second kappa shape index (κ2) is 7.07. The minimum atomic E-state index is -0.165. The molecule has 5 nitrogen and oxygen atoms in total. The molecule has 2 heterocycles. The van der Waals surface area contributed by atoms with Gasteiger partial charge in [-0.2, -0.15) is 4.68 Å². The molecule has 4 rings (SSSR count). The van der Waals surface area contributed by atoms with Gasteiger partial charge in [-0.1, -0.05) is 48.5 Å². The van der Waals surface area contributed by atoms with Crippen molar-refractivity contribution in [1.82, 2.24) is 19.7 Å². The van der Waals surface area contributed by atoms with Gasteiger partial charge in [0.15, 0.2) is 0 Å². The molecule has 0 radical (unpaired) electrons. The fourth-order valence-electron chi connectivity index (χ4n) is 3.53. The zero-order valence-corrected chi connectivity index (χ0v) is 14.1. The highest BCUT2D eigenvalue weighted by Gasteiger charge is 2.24. The van der Waals surface area contributed by atoms with Crippen LogP contribution in [-0.2, 0) is 6.54 Å². The van der Waals surface area contributed by atoms with E-state index < -0.39 is 0 Å². The second-order valence-corrected chi connectivity index (χ2v) is 6.62. The molecule has 1 fully saturated rings. The smallest absolute Gasteiger partial charge is 0.298 e. The molecule has 1 unspecified atom stereocenters. The molecule has 0 amide bonds. The molecule has 1 N–H and O–H groups in total. The highest BCUT2D eigenvalue weighted by Crippen LogP contribution is 2.25. The maximum Gasteiger partial charge on any atom is 0.348 e. The average molecular weight is 334 g/mol. The van der Waals surface area contributed by atoms with Gasteiger partial charge in [-0.25, -0.2) is 4.79 Å². The number of nitrogens with zero attached hydrogens (tertiary/aromatic N) is 3. The van der Waals surface area contributed by atoms with E-state index in [0.717, 1.165) is 44.0 Å². The Labute approximate surface area is 146 Å². The normalized spacial score (nSPS) is 18.3. The van der Waals surface area contributed by atoms with Gasteiger partial charge in [-0.15, -0.1) is 5.10 Å². The van der Waals surface area contributed by atoms with Gasteiger partial charge < -0.3 is 0 Å². The SMILES string of the molecule is O=c1[nH]c(C2CCCN(Cc3ccccc3)C2)nn1-c1ccccc1. The molecular weight excluding hydrogens is 312 g/mol. The summed E-state index contributed by atoms with van der Waals surface area (Å²) in [4.78, 5) is 17.7. The number of hydrogen-bond donors (Lipinski definition) is 1. The summed E-state index contributed by atoms with van der Waals surface area (Å²) in [7, 11) is 0. The highest BCUT2D eigenvalue weighted by molar-refractivity contribution is 5.29. The lowest BCUT2D eigenvalue weighted by Gasteiger charge is -2.31. The van der Waals surface area contributed by atoms with Crippen molar-refractivity contribution in [3.05, 3.63) is 82.5 Å². The first kappa shape index (κ1) is 15.8.